The van der Waals surface area contributed by atoms with Crippen LogP contribution >= 0.6 is 11.8 Å². The Labute approximate surface area is 195 Å². The predicted molar refractivity (Wildman–Crippen MR) is 127 cm³/mol. The third-order valence-electron chi connectivity index (χ3n) is 5.21. The number of fused-ring (bicyclic) bond motifs is 1. The van der Waals surface area contributed by atoms with E-state index in [9.17, 15) is 9.90 Å². The maximum absolute atomic E-state index is 13.5. The number of aromatic nitrogens is 3. The molecule has 10 heteroatoms. The largest absolute Gasteiger partial charge is 0.504 e. The number of allylic oxidation sites excluding steroid dienone is 1. The van der Waals surface area contributed by atoms with Gasteiger partial charge in [0.25, 0.3) is 5.91 Å². The van der Waals surface area contributed by atoms with Crippen molar-refractivity contribution >= 4 is 29.3 Å². The fourth-order valence-electron chi connectivity index (χ4n) is 3.66. The highest BCUT2D eigenvalue weighted by atomic mass is 32.2. The van der Waals surface area contributed by atoms with Gasteiger partial charge in [-0.3, -0.25) is 4.79 Å². The first kappa shape index (κ1) is 22.5. The molecule has 4 rings (SSSR count). The van der Waals surface area contributed by atoms with Gasteiger partial charge < -0.3 is 25.2 Å². The normalized spacial score (nSPS) is 15.0. The second-order valence-electron chi connectivity index (χ2n) is 7.28. The van der Waals surface area contributed by atoms with Crippen molar-refractivity contribution in [2.24, 2.45) is 0 Å². The zero-order chi connectivity index (χ0) is 23.5. The molecule has 0 fully saturated rings. The fraction of sp³-hybridized carbons (Fsp3) is 0.261. The highest BCUT2D eigenvalue weighted by molar-refractivity contribution is 7.98. The van der Waals surface area contributed by atoms with Gasteiger partial charge in [-0.15, -0.1) is 5.10 Å². The molecule has 33 heavy (non-hydrogen) atoms. The van der Waals surface area contributed by atoms with Gasteiger partial charge in [-0.1, -0.05) is 17.8 Å². The molecule has 3 aromatic rings. The van der Waals surface area contributed by atoms with Gasteiger partial charge in [0.05, 0.1) is 19.3 Å². The number of hydrogen-bond acceptors (Lipinski definition) is 8. The molecule has 172 valence electrons. The number of benzene rings is 2. The number of amides is 1. The molecule has 0 saturated heterocycles. The summed E-state index contributed by atoms with van der Waals surface area (Å²) in [5, 5.41) is 21.5. The van der Waals surface area contributed by atoms with Crippen LogP contribution in [0.15, 0.2) is 58.9 Å². The van der Waals surface area contributed by atoms with Crippen LogP contribution in [0.3, 0.4) is 0 Å². The first-order chi connectivity index (χ1) is 15.9. The van der Waals surface area contributed by atoms with Crippen molar-refractivity contribution in [2.45, 2.75) is 25.0 Å². The lowest BCUT2D eigenvalue weighted by Gasteiger charge is -2.29. The van der Waals surface area contributed by atoms with E-state index in [1.807, 2.05) is 20.1 Å². The van der Waals surface area contributed by atoms with E-state index in [0.717, 1.165) is 5.56 Å². The molecule has 0 saturated carbocycles. The number of thioether (sulfide) groups is 1. The summed E-state index contributed by atoms with van der Waals surface area (Å²) in [6, 6.07) is 11.6. The third kappa shape index (κ3) is 4.47. The Morgan fingerprint density at radius 2 is 2.03 bits per heavy atom. The Bertz CT molecular complexity index is 1210. The van der Waals surface area contributed by atoms with Gasteiger partial charge in [-0.2, -0.15) is 4.98 Å². The molecule has 2 heterocycles. The minimum absolute atomic E-state index is 0.0306. The average molecular weight is 468 g/mol. The zero-order valence-electron chi connectivity index (χ0n) is 18.7. The van der Waals surface area contributed by atoms with E-state index < -0.39 is 6.04 Å². The number of methoxy groups -OCH3 is 1. The minimum Gasteiger partial charge on any atom is -0.504 e. The Morgan fingerprint density at radius 3 is 2.70 bits per heavy atom. The monoisotopic (exact) mass is 467 g/mol. The van der Waals surface area contributed by atoms with Crippen LogP contribution in [0.1, 0.15) is 25.5 Å². The quantitative estimate of drug-likeness (QED) is 0.447. The lowest BCUT2D eigenvalue weighted by atomic mass is 9.94. The maximum atomic E-state index is 13.5. The number of carbonyl (C=O) groups excluding carboxylic acids is 1. The molecule has 9 nitrogen and oxygen atoms in total. The molecule has 1 amide bonds. The van der Waals surface area contributed by atoms with Crippen molar-refractivity contribution in [3.05, 3.63) is 59.3 Å². The van der Waals surface area contributed by atoms with Gasteiger partial charge in [0.15, 0.2) is 11.5 Å². The molecule has 1 aliphatic heterocycles. The van der Waals surface area contributed by atoms with Gasteiger partial charge >= 0.3 is 0 Å². The number of carbonyl (C=O) groups is 1. The zero-order valence-corrected chi connectivity index (χ0v) is 19.6. The molecule has 1 atom stereocenters. The van der Waals surface area contributed by atoms with Crippen molar-refractivity contribution in [3.63, 3.8) is 0 Å². The highest BCUT2D eigenvalue weighted by Crippen LogP contribution is 2.39. The van der Waals surface area contributed by atoms with E-state index in [1.165, 1.54) is 11.8 Å². The number of nitrogens with zero attached hydrogens (tertiary/aromatic N) is 3. The number of rotatable bonds is 7. The summed E-state index contributed by atoms with van der Waals surface area (Å²) in [7, 11) is 1.59. The van der Waals surface area contributed by atoms with Crippen molar-refractivity contribution in [1.82, 2.24) is 14.8 Å². The van der Waals surface area contributed by atoms with Crippen LogP contribution in [0.25, 0.3) is 0 Å². The molecule has 0 spiro atoms. The van der Waals surface area contributed by atoms with E-state index in [2.05, 4.69) is 20.7 Å². The van der Waals surface area contributed by atoms with Crippen LogP contribution in [-0.4, -0.2) is 45.8 Å². The summed E-state index contributed by atoms with van der Waals surface area (Å²) in [5.74, 6) is 1.32. The fourth-order valence-corrected chi connectivity index (χ4v) is 4.01. The standard InChI is InChI=1S/C23H25N5O4S/c1-5-32-18-12-14(6-11-17(18)29)20-19(13(2)24-22-26-23(33-4)27-28(20)22)21(30)25-15-7-9-16(31-3)10-8-15/h6-12,20,29H,5H2,1-4H3,(H,25,30)(H,24,26,27)/t20-/m0/s1. The van der Waals surface area contributed by atoms with Crippen LogP contribution in [-0.2, 0) is 4.79 Å². The van der Waals surface area contributed by atoms with Crippen LogP contribution in [0.5, 0.6) is 17.2 Å². The summed E-state index contributed by atoms with van der Waals surface area (Å²) in [6.07, 6.45) is 1.89. The molecule has 0 aliphatic carbocycles. The number of aromatic hydroxyl groups is 1. The van der Waals surface area contributed by atoms with Gasteiger partial charge in [0, 0.05) is 11.4 Å². The lowest BCUT2D eigenvalue weighted by Crippen LogP contribution is -2.31. The molecule has 2 aromatic carbocycles. The van der Waals surface area contributed by atoms with E-state index in [-0.39, 0.29) is 11.7 Å². The summed E-state index contributed by atoms with van der Waals surface area (Å²) >= 11 is 1.41. The Hall–Kier alpha value is -3.66. The Kier molecular flexibility index (Phi) is 6.45. The van der Waals surface area contributed by atoms with E-state index >= 15 is 0 Å². The van der Waals surface area contributed by atoms with Crippen LogP contribution in [0.4, 0.5) is 11.6 Å². The lowest BCUT2D eigenvalue weighted by molar-refractivity contribution is -0.113. The molecule has 0 radical (unpaired) electrons. The summed E-state index contributed by atoms with van der Waals surface area (Å²) in [4.78, 5) is 18.0. The number of ether oxygens (including phenoxy) is 2. The van der Waals surface area contributed by atoms with Crippen LogP contribution < -0.4 is 20.1 Å². The SMILES string of the molecule is CCOc1cc([C@H]2C(C(=O)Nc3ccc(OC)cc3)=C(C)Nc3nc(SC)nn32)ccc1O. The molecule has 1 aromatic heterocycles. The third-order valence-corrected chi connectivity index (χ3v) is 5.75. The number of nitrogens with one attached hydrogen (secondary N) is 2. The highest BCUT2D eigenvalue weighted by Gasteiger charge is 2.34. The molecule has 0 bridgehead atoms. The topological polar surface area (TPSA) is 111 Å². The number of hydrogen-bond donors (Lipinski definition) is 3. The number of anilines is 2. The van der Waals surface area contributed by atoms with Crippen molar-refractivity contribution in [2.75, 3.05) is 30.6 Å². The molecule has 3 N–H and O–H groups in total. The molecule has 1 aliphatic rings. The maximum Gasteiger partial charge on any atom is 0.255 e. The van der Waals surface area contributed by atoms with Gasteiger partial charge in [-0.25, -0.2) is 4.68 Å². The number of phenols is 1. The predicted octanol–water partition coefficient (Wildman–Crippen LogP) is 4.04. The van der Waals surface area contributed by atoms with Crippen molar-refractivity contribution in [3.8, 4) is 17.2 Å². The summed E-state index contributed by atoms with van der Waals surface area (Å²) in [6.45, 7) is 4.07. The molecule has 0 unspecified atom stereocenters. The van der Waals surface area contributed by atoms with E-state index in [1.54, 1.807) is 54.3 Å². The van der Waals surface area contributed by atoms with Gasteiger partial charge in [-0.05, 0) is 62.1 Å². The van der Waals surface area contributed by atoms with Gasteiger partial charge in [0.2, 0.25) is 11.1 Å². The first-order valence-electron chi connectivity index (χ1n) is 10.3. The van der Waals surface area contributed by atoms with E-state index in [4.69, 9.17) is 9.47 Å². The van der Waals surface area contributed by atoms with Crippen molar-refractivity contribution < 1.29 is 19.4 Å². The Balaban J connectivity index is 1.77. The van der Waals surface area contributed by atoms with Gasteiger partial charge in [0.1, 0.15) is 11.8 Å². The minimum atomic E-state index is -0.576. The van der Waals surface area contributed by atoms with Crippen molar-refractivity contribution in [1.29, 1.82) is 0 Å². The summed E-state index contributed by atoms with van der Waals surface area (Å²) in [5.41, 5.74) is 2.50. The second kappa shape index (κ2) is 9.45. The average Bonchev–Trinajstić information content (AvgIpc) is 3.23. The van der Waals surface area contributed by atoms with Crippen LogP contribution in [0, 0.1) is 0 Å². The number of phenolic OH excluding ortho intramolecular Hbond substituents is 1. The molecular formula is C23H25N5O4S. The van der Waals surface area contributed by atoms with Crippen LogP contribution in [0.2, 0.25) is 0 Å². The smallest absolute Gasteiger partial charge is 0.255 e. The summed E-state index contributed by atoms with van der Waals surface area (Å²) < 4.78 is 12.5. The molecular weight excluding hydrogens is 442 g/mol. The van der Waals surface area contributed by atoms with E-state index in [0.29, 0.717) is 46.2 Å². The Morgan fingerprint density at radius 1 is 1.27 bits per heavy atom. The first-order valence-corrected chi connectivity index (χ1v) is 11.6. The second-order valence-corrected chi connectivity index (χ2v) is 8.05.